The van der Waals surface area contributed by atoms with Gasteiger partial charge in [0.2, 0.25) is 0 Å². The van der Waals surface area contributed by atoms with Crippen molar-refractivity contribution < 1.29 is 22.7 Å². The van der Waals surface area contributed by atoms with Gasteiger partial charge in [0.1, 0.15) is 0 Å². The van der Waals surface area contributed by atoms with Gasteiger partial charge in [-0.2, -0.15) is 13.2 Å². The minimum atomic E-state index is -4.79. The normalized spacial score (nSPS) is 17.8. The quantitative estimate of drug-likeness (QED) is 0.825. The van der Waals surface area contributed by atoms with E-state index in [2.05, 4.69) is 4.74 Å². The molecule has 1 amide bonds. The molecule has 2 aliphatic rings. The van der Waals surface area contributed by atoms with Crippen molar-refractivity contribution >= 4 is 17.3 Å². The van der Waals surface area contributed by atoms with Crippen LogP contribution in [0.2, 0.25) is 0 Å². The number of amides is 1. The Bertz CT molecular complexity index is 595. The van der Waals surface area contributed by atoms with Gasteiger partial charge >= 0.3 is 12.1 Å². The van der Waals surface area contributed by atoms with Gasteiger partial charge in [0.25, 0.3) is 0 Å². The largest absolute Gasteiger partial charge is 0.471 e. The zero-order valence-corrected chi connectivity index (χ0v) is 14.5. The van der Waals surface area contributed by atoms with Gasteiger partial charge in [0, 0.05) is 51.8 Å². The topological polar surface area (TPSA) is 58.8 Å². The SMILES string of the molecule is COC.Nc1ccc(N2CCN(C(=O)C(F)(F)F)CC2)cc1C1CC1. The first-order valence-electron chi connectivity index (χ1n) is 8.18. The van der Waals surface area contributed by atoms with Crippen molar-refractivity contribution in [2.24, 2.45) is 0 Å². The van der Waals surface area contributed by atoms with Crippen molar-refractivity contribution in [1.82, 2.24) is 4.90 Å². The second-order valence-electron chi connectivity index (χ2n) is 6.27. The third-order valence-electron chi connectivity index (χ3n) is 4.26. The number of alkyl halides is 3. The van der Waals surface area contributed by atoms with Gasteiger partial charge in [-0.15, -0.1) is 0 Å². The van der Waals surface area contributed by atoms with Crippen molar-refractivity contribution in [3.05, 3.63) is 23.8 Å². The van der Waals surface area contributed by atoms with Crippen molar-refractivity contribution in [3.8, 4) is 0 Å². The molecule has 140 valence electrons. The average Bonchev–Trinajstić information content (AvgIpc) is 3.39. The van der Waals surface area contributed by atoms with Crippen LogP contribution in [0.3, 0.4) is 0 Å². The lowest BCUT2D eigenvalue weighted by Crippen LogP contribution is -2.52. The standard InChI is InChI=1S/C15H18F3N3O.C2H6O/c16-15(17,18)14(22)21-7-5-20(6-8-21)11-3-4-13(19)12(9-11)10-1-2-10;1-3-2/h3-4,9-10H,1-2,5-8,19H2;1-2H3. The van der Waals surface area contributed by atoms with Gasteiger partial charge in [-0.3, -0.25) is 4.79 Å². The maximum atomic E-state index is 12.4. The number of rotatable bonds is 2. The third-order valence-corrected chi connectivity index (χ3v) is 4.26. The van der Waals surface area contributed by atoms with E-state index in [1.54, 1.807) is 14.2 Å². The number of piperazine rings is 1. The van der Waals surface area contributed by atoms with E-state index in [0.717, 1.165) is 34.7 Å². The maximum Gasteiger partial charge on any atom is 0.471 e. The molecule has 0 atom stereocenters. The molecule has 1 saturated heterocycles. The molecule has 1 aromatic carbocycles. The molecule has 1 aliphatic heterocycles. The predicted octanol–water partition coefficient (Wildman–Crippen LogP) is 2.62. The van der Waals surface area contributed by atoms with E-state index in [9.17, 15) is 18.0 Å². The minimum absolute atomic E-state index is 0.0848. The van der Waals surface area contributed by atoms with Gasteiger partial charge in [-0.1, -0.05) is 0 Å². The van der Waals surface area contributed by atoms with E-state index in [0.29, 0.717) is 19.0 Å². The molecule has 0 bridgehead atoms. The Kier molecular flexibility index (Phi) is 6.16. The molecule has 25 heavy (non-hydrogen) atoms. The van der Waals surface area contributed by atoms with E-state index in [1.165, 1.54) is 0 Å². The molecule has 5 nitrogen and oxygen atoms in total. The minimum Gasteiger partial charge on any atom is -0.398 e. The highest BCUT2D eigenvalue weighted by Crippen LogP contribution is 2.43. The third kappa shape index (κ3) is 5.01. The second-order valence-corrected chi connectivity index (χ2v) is 6.27. The summed E-state index contributed by atoms with van der Waals surface area (Å²) in [6.45, 7) is 0.967. The summed E-state index contributed by atoms with van der Waals surface area (Å²) in [6, 6.07) is 5.78. The molecule has 8 heteroatoms. The van der Waals surface area contributed by atoms with E-state index < -0.39 is 12.1 Å². The summed E-state index contributed by atoms with van der Waals surface area (Å²) in [5.41, 5.74) is 8.85. The number of hydrogen-bond acceptors (Lipinski definition) is 4. The van der Waals surface area contributed by atoms with Crippen molar-refractivity contribution in [1.29, 1.82) is 0 Å². The number of benzene rings is 1. The molecule has 2 fully saturated rings. The van der Waals surface area contributed by atoms with Crippen molar-refractivity contribution in [2.75, 3.05) is 51.0 Å². The molecule has 1 saturated carbocycles. The number of carbonyl (C=O) groups excluding carboxylic acids is 1. The van der Waals surface area contributed by atoms with Crippen LogP contribution in [0.1, 0.15) is 24.3 Å². The number of carbonyl (C=O) groups is 1. The summed E-state index contributed by atoms with van der Waals surface area (Å²) in [7, 11) is 3.25. The predicted molar refractivity (Wildman–Crippen MR) is 90.6 cm³/mol. The second kappa shape index (κ2) is 7.95. The highest BCUT2D eigenvalue weighted by molar-refractivity contribution is 5.82. The summed E-state index contributed by atoms with van der Waals surface area (Å²) in [5, 5.41) is 0. The number of hydrogen-bond donors (Lipinski definition) is 1. The van der Waals surface area contributed by atoms with E-state index in [-0.39, 0.29) is 13.1 Å². The number of nitrogens with zero attached hydrogens (tertiary/aromatic N) is 2. The molecular formula is C17H24F3N3O2. The Balaban J connectivity index is 0.000000701. The van der Waals surface area contributed by atoms with Crippen LogP contribution < -0.4 is 10.6 Å². The number of methoxy groups -OCH3 is 1. The van der Waals surface area contributed by atoms with Crippen molar-refractivity contribution in [3.63, 3.8) is 0 Å². The zero-order valence-electron chi connectivity index (χ0n) is 14.5. The first-order valence-corrected chi connectivity index (χ1v) is 8.18. The Hall–Kier alpha value is -1.96. The Morgan fingerprint density at radius 2 is 1.72 bits per heavy atom. The molecule has 0 aromatic heterocycles. The molecule has 1 heterocycles. The first-order chi connectivity index (χ1) is 11.8. The van der Waals surface area contributed by atoms with E-state index in [4.69, 9.17) is 5.73 Å². The van der Waals surface area contributed by atoms with Crippen LogP contribution in [0, 0.1) is 0 Å². The zero-order chi connectivity index (χ0) is 18.6. The monoisotopic (exact) mass is 359 g/mol. The van der Waals surface area contributed by atoms with Crippen LogP contribution in [-0.4, -0.2) is 57.4 Å². The summed E-state index contributed by atoms with van der Waals surface area (Å²) >= 11 is 0. The van der Waals surface area contributed by atoms with Crippen LogP contribution in [-0.2, 0) is 9.53 Å². The summed E-state index contributed by atoms with van der Waals surface area (Å²) < 4.78 is 41.5. The van der Waals surface area contributed by atoms with Crippen LogP contribution >= 0.6 is 0 Å². The number of nitrogens with two attached hydrogens (primary N) is 1. The highest BCUT2D eigenvalue weighted by Gasteiger charge is 2.43. The molecule has 0 radical (unpaired) electrons. The first kappa shape index (κ1) is 19.4. The Morgan fingerprint density at radius 3 is 2.20 bits per heavy atom. The van der Waals surface area contributed by atoms with Crippen molar-refractivity contribution in [2.45, 2.75) is 24.9 Å². The number of halogens is 3. The maximum absolute atomic E-state index is 12.4. The number of ether oxygens (including phenoxy) is 1. The van der Waals surface area contributed by atoms with Gasteiger partial charge < -0.3 is 20.3 Å². The Morgan fingerprint density at radius 1 is 1.16 bits per heavy atom. The fourth-order valence-electron chi connectivity index (χ4n) is 2.85. The van der Waals surface area contributed by atoms with Crippen LogP contribution in [0.15, 0.2) is 18.2 Å². The van der Waals surface area contributed by atoms with Gasteiger partial charge in [0.15, 0.2) is 0 Å². The molecule has 2 N–H and O–H groups in total. The summed E-state index contributed by atoms with van der Waals surface area (Å²) in [6.07, 6.45) is -2.51. The lowest BCUT2D eigenvalue weighted by Gasteiger charge is -2.36. The number of nitrogen functional groups attached to an aromatic ring is 1. The van der Waals surface area contributed by atoms with E-state index >= 15 is 0 Å². The number of anilines is 2. The fraction of sp³-hybridized carbons (Fsp3) is 0.588. The van der Waals surface area contributed by atoms with E-state index in [1.807, 2.05) is 23.1 Å². The lowest BCUT2D eigenvalue weighted by atomic mass is 10.1. The van der Waals surface area contributed by atoms with Crippen LogP contribution in [0.5, 0.6) is 0 Å². The highest BCUT2D eigenvalue weighted by atomic mass is 19.4. The molecule has 0 unspecified atom stereocenters. The average molecular weight is 359 g/mol. The van der Waals surface area contributed by atoms with Gasteiger partial charge in [-0.05, 0) is 42.5 Å². The Labute approximate surface area is 145 Å². The molecule has 0 spiro atoms. The van der Waals surface area contributed by atoms with Gasteiger partial charge in [0.05, 0.1) is 0 Å². The van der Waals surface area contributed by atoms with Crippen LogP contribution in [0.25, 0.3) is 0 Å². The summed E-state index contributed by atoms with van der Waals surface area (Å²) in [5.74, 6) is -1.23. The smallest absolute Gasteiger partial charge is 0.398 e. The molecule has 1 aromatic rings. The van der Waals surface area contributed by atoms with Gasteiger partial charge in [-0.25, -0.2) is 0 Å². The summed E-state index contributed by atoms with van der Waals surface area (Å²) in [4.78, 5) is 14.1. The van der Waals surface area contributed by atoms with Crippen LogP contribution in [0.4, 0.5) is 24.5 Å². The fourth-order valence-corrected chi connectivity index (χ4v) is 2.85. The molecular weight excluding hydrogens is 335 g/mol. The molecule has 3 rings (SSSR count). The lowest BCUT2D eigenvalue weighted by molar-refractivity contribution is -0.185. The molecule has 1 aliphatic carbocycles.